The molecule has 1 aromatic heterocycles. The van der Waals surface area contributed by atoms with Crippen LogP contribution in [0.3, 0.4) is 0 Å². The predicted octanol–water partition coefficient (Wildman–Crippen LogP) is 1.46. The fraction of sp³-hybridized carbons (Fsp3) is 0.750. The van der Waals surface area contributed by atoms with E-state index in [4.69, 9.17) is 10.3 Å². The second-order valence-corrected chi connectivity index (χ2v) is 3.53. The quantitative estimate of drug-likeness (QED) is 0.791. The van der Waals surface area contributed by atoms with Crippen molar-refractivity contribution in [1.29, 1.82) is 0 Å². The maximum Gasteiger partial charge on any atom is 0.229 e. The van der Waals surface area contributed by atoms with Crippen LogP contribution >= 0.6 is 12.4 Å². The summed E-state index contributed by atoms with van der Waals surface area (Å²) < 4.78 is 5.07. The number of hydrogen-bond acceptors (Lipinski definition) is 4. The van der Waals surface area contributed by atoms with Gasteiger partial charge >= 0.3 is 0 Å². The summed E-state index contributed by atoms with van der Waals surface area (Å²) in [6.45, 7) is 2.60. The molecular weight excluding hydrogens is 190 g/mol. The Labute approximate surface area is 83.3 Å². The summed E-state index contributed by atoms with van der Waals surface area (Å²) in [5.74, 6) is 2.69. The van der Waals surface area contributed by atoms with Crippen LogP contribution in [0.25, 0.3) is 0 Å². The second kappa shape index (κ2) is 4.07. The molecule has 1 fully saturated rings. The van der Waals surface area contributed by atoms with Gasteiger partial charge in [-0.1, -0.05) is 12.1 Å². The van der Waals surface area contributed by atoms with Gasteiger partial charge in [-0.05, 0) is 18.8 Å². The van der Waals surface area contributed by atoms with E-state index in [0.717, 1.165) is 11.8 Å². The maximum absolute atomic E-state index is 5.37. The molecule has 0 unspecified atom stereocenters. The predicted molar refractivity (Wildman–Crippen MR) is 50.6 cm³/mol. The van der Waals surface area contributed by atoms with Gasteiger partial charge in [0.05, 0.1) is 6.54 Å². The number of rotatable bonds is 2. The maximum atomic E-state index is 5.37. The van der Waals surface area contributed by atoms with Crippen LogP contribution in [0.4, 0.5) is 0 Å². The van der Waals surface area contributed by atoms with E-state index in [-0.39, 0.29) is 12.4 Å². The van der Waals surface area contributed by atoms with Crippen molar-refractivity contribution in [3.8, 4) is 0 Å². The molecule has 0 aromatic carbocycles. The van der Waals surface area contributed by atoms with Crippen LogP contribution in [-0.2, 0) is 6.54 Å². The first-order chi connectivity index (χ1) is 5.79. The van der Waals surface area contributed by atoms with Crippen LogP contribution < -0.4 is 5.73 Å². The van der Waals surface area contributed by atoms with Crippen molar-refractivity contribution in [2.24, 2.45) is 11.7 Å². The third-order valence-electron chi connectivity index (χ3n) is 2.39. The van der Waals surface area contributed by atoms with Gasteiger partial charge in [0.15, 0.2) is 5.82 Å². The highest BCUT2D eigenvalue weighted by Gasteiger charge is 2.31. The molecule has 4 nitrogen and oxygen atoms in total. The Morgan fingerprint density at radius 1 is 1.54 bits per heavy atom. The van der Waals surface area contributed by atoms with Gasteiger partial charge in [-0.3, -0.25) is 0 Å². The summed E-state index contributed by atoms with van der Waals surface area (Å²) in [5.41, 5.74) is 5.37. The van der Waals surface area contributed by atoms with Gasteiger partial charge < -0.3 is 10.3 Å². The molecule has 0 radical (unpaired) electrons. The lowest BCUT2D eigenvalue weighted by atomic mass is 9.76. The molecule has 0 atom stereocenters. The van der Waals surface area contributed by atoms with Crippen molar-refractivity contribution < 1.29 is 4.52 Å². The summed E-state index contributed by atoms with van der Waals surface area (Å²) >= 11 is 0. The number of nitrogens with zero attached hydrogens (tertiary/aromatic N) is 2. The molecular formula is C8H14ClN3O. The van der Waals surface area contributed by atoms with E-state index in [1.54, 1.807) is 0 Å². The Bertz CT molecular complexity index is 270. The lowest BCUT2D eigenvalue weighted by Crippen LogP contribution is -2.19. The molecule has 1 saturated carbocycles. The van der Waals surface area contributed by atoms with Gasteiger partial charge in [0.1, 0.15) is 0 Å². The molecule has 1 aliphatic rings. The summed E-state index contributed by atoms with van der Waals surface area (Å²) in [7, 11) is 0. The van der Waals surface area contributed by atoms with E-state index in [1.165, 1.54) is 12.8 Å². The monoisotopic (exact) mass is 203 g/mol. The molecule has 0 saturated heterocycles. The van der Waals surface area contributed by atoms with E-state index in [0.29, 0.717) is 18.3 Å². The average Bonchev–Trinajstić information content (AvgIpc) is 2.46. The van der Waals surface area contributed by atoms with Gasteiger partial charge in [-0.2, -0.15) is 4.98 Å². The molecule has 13 heavy (non-hydrogen) atoms. The highest BCUT2D eigenvalue weighted by atomic mass is 35.5. The Kier molecular flexibility index (Phi) is 3.27. The topological polar surface area (TPSA) is 64.9 Å². The zero-order chi connectivity index (χ0) is 8.55. The van der Waals surface area contributed by atoms with Crippen LogP contribution in [0.2, 0.25) is 0 Å². The first-order valence-electron chi connectivity index (χ1n) is 4.32. The molecule has 74 valence electrons. The van der Waals surface area contributed by atoms with Crippen molar-refractivity contribution in [2.45, 2.75) is 32.2 Å². The van der Waals surface area contributed by atoms with Crippen LogP contribution in [0.15, 0.2) is 4.52 Å². The first kappa shape index (κ1) is 10.5. The number of aromatic nitrogens is 2. The molecule has 1 aromatic rings. The van der Waals surface area contributed by atoms with Gasteiger partial charge in [0.2, 0.25) is 5.89 Å². The van der Waals surface area contributed by atoms with Gasteiger partial charge in [0.25, 0.3) is 0 Å². The van der Waals surface area contributed by atoms with E-state index < -0.39 is 0 Å². The summed E-state index contributed by atoms with van der Waals surface area (Å²) in [6, 6.07) is 0. The van der Waals surface area contributed by atoms with Gasteiger partial charge in [-0.25, -0.2) is 0 Å². The highest BCUT2D eigenvalue weighted by molar-refractivity contribution is 5.85. The minimum atomic E-state index is 0. The molecule has 2 rings (SSSR count). The van der Waals surface area contributed by atoms with Crippen molar-refractivity contribution in [1.82, 2.24) is 10.1 Å². The summed E-state index contributed by atoms with van der Waals surface area (Å²) in [6.07, 6.45) is 2.35. The van der Waals surface area contributed by atoms with Gasteiger partial charge in [-0.15, -0.1) is 12.4 Å². The van der Waals surface area contributed by atoms with Crippen LogP contribution in [-0.4, -0.2) is 10.1 Å². The van der Waals surface area contributed by atoms with Crippen molar-refractivity contribution in [2.75, 3.05) is 0 Å². The molecule has 0 bridgehead atoms. The summed E-state index contributed by atoms with van der Waals surface area (Å²) in [4.78, 5) is 4.18. The van der Waals surface area contributed by atoms with Crippen LogP contribution in [0.5, 0.6) is 0 Å². The average molecular weight is 204 g/mol. The van der Waals surface area contributed by atoms with E-state index in [2.05, 4.69) is 17.1 Å². The van der Waals surface area contributed by atoms with E-state index in [9.17, 15) is 0 Å². The molecule has 1 aliphatic carbocycles. The normalized spacial score (nSPS) is 26.3. The molecule has 5 heteroatoms. The molecule has 0 spiro atoms. The third kappa shape index (κ3) is 2.00. The molecule has 2 N–H and O–H groups in total. The number of hydrogen-bond donors (Lipinski definition) is 1. The van der Waals surface area contributed by atoms with Crippen LogP contribution in [0, 0.1) is 5.92 Å². The molecule has 1 heterocycles. The van der Waals surface area contributed by atoms with E-state index >= 15 is 0 Å². The molecule has 0 amide bonds. The van der Waals surface area contributed by atoms with Gasteiger partial charge in [0, 0.05) is 5.92 Å². The fourth-order valence-electron chi connectivity index (χ4n) is 1.62. The largest absolute Gasteiger partial charge is 0.339 e. The number of nitrogens with two attached hydrogens (primary N) is 1. The van der Waals surface area contributed by atoms with Crippen LogP contribution in [0.1, 0.15) is 37.4 Å². The molecule has 0 aliphatic heterocycles. The fourth-order valence-corrected chi connectivity index (χ4v) is 1.62. The SMILES string of the molecule is CC1CC(c2nc(CN)no2)C1.Cl. The zero-order valence-electron chi connectivity index (χ0n) is 7.56. The smallest absolute Gasteiger partial charge is 0.229 e. The Balaban J connectivity index is 0.000000845. The Morgan fingerprint density at radius 2 is 2.23 bits per heavy atom. The lowest BCUT2D eigenvalue weighted by molar-refractivity contribution is 0.227. The van der Waals surface area contributed by atoms with Crippen molar-refractivity contribution in [3.63, 3.8) is 0 Å². The summed E-state index contributed by atoms with van der Waals surface area (Å²) in [5, 5.41) is 3.75. The highest BCUT2D eigenvalue weighted by Crippen LogP contribution is 2.40. The Morgan fingerprint density at radius 3 is 2.69 bits per heavy atom. The van der Waals surface area contributed by atoms with Crippen molar-refractivity contribution >= 4 is 12.4 Å². The minimum absolute atomic E-state index is 0. The zero-order valence-corrected chi connectivity index (χ0v) is 8.38. The van der Waals surface area contributed by atoms with E-state index in [1.807, 2.05) is 0 Å². The van der Waals surface area contributed by atoms with Crippen molar-refractivity contribution in [3.05, 3.63) is 11.7 Å². The minimum Gasteiger partial charge on any atom is -0.339 e. The standard InChI is InChI=1S/C8H13N3O.ClH/c1-5-2-6(3-5)8-10-7(4-9)11-12-8;/h5-6H,2-4,9H2,1H3;1H. The Hall–Kier alpha value is -0.610. The number of halogens is 1. The second-order valence-electron chi connectivity index (χ2n) is 3.53. The lowest BCUT2D eigenvalue weighted by Gasteiger charge is -2.29. The first-order valence-corrected chi connectivity index (χ1v) is 4.32. The third-order valence-corrected chi connectivity index (χ3v) is 2.39.